The molecule has 0 unspecified atom stereocenters. The smallest absolute Gasteiger partial charge is 0.0451 e. The van der Waals surface area contributed by atoms with Crippen molar-refractivity contribution in [2.24, 2.45) is 10.7 Å². The molecule has 0 heterocycles. The molecule has 0 fully saturated rings. The second kappa shape index (κ2) is 8.21. The first-order chi connectivity index (χ1) is 4.63. The quantitative estimate of drug-likeness (QED) is 0.560. The molecular weight excluding hydrogens is 124 g/mol. The molecule has 0 bridgehead atoms. The lowest BCUT2D eigenvalue weighted by Gasteiger charge is -1.84. The van der Waals surface area contributed by atoms with E-state index in [-0.39, 0.29) is 0 Å². The number of hydrogen-bond acceptors (Lipinski definition) is 2. The molecule has 2 nitrogen and oxygen atoms in total. The fraction of sp³-hybridized carbons (Fsp3) is 0.625. The molecule has 0 atom stereocenters. The predicted octanol–water partition coefficient (Wildman–Crippen LogP) is 2.31. The normalized spacial score (nSPS) is 9.50. The Morgan fingerprint density at radius 2 is 1.60 bits per heavy atom. The highest BCUT2D eigenvalue weighted by atomic mass is 14.7. The van der Waals surface area contributed by atoms with Gasteiger partial charge >= 0.3 is 0 Å². The standard InChI is InChI=1S/C6H12N2.C2H6/c1-5(2)8-4-6(3)7;1-2/h4H,7H2,1-3H3;1-2H3/b6-4-;. The molecule has 0 rings (SSSR count). The Morgan fingerprint density at radius 1 is 1.20 bits per heavy atom. The highest BCUT2D eigenvalue weighted by molar-refractivity contribution is 5.79. The Kier molecular flexibility index (Phi) is 9.80. The number of allylic oxidation sites excluding steroid dienone is 1. The van der Waals surface area contributed by atoms with Crippen molar-refractivity contribution in [2.45, 2.75) is 34.6 Å². The van der Waals surface area contributed by atoms with Gasteiger partial charge in [0, 0.05) is 17.6 Å². The maximum absolute atomic E-state index is 5.29. The largest absolute Gasteiger partial charge is 0.401 e. The van der Waals surface area contributed by atoms with Crippen LogP contribution in [-0.2, 0) is 0 Å². The highest BCUT2D eigenvalue weighted by Gasteiger charge is 1.73. The van der Waals surface area contributed by atoms with Crippen LogP contribution in [0, 0.1) is 0 Å². The van der Waals surface area contributed by atoms with E-state index in [4.69, 9.17) is 5.73 Å². The van der Waals surface area contributed by atoms with Crippen LogP contribution >= 0.6 is 0 Å². The van der Waals surface area contributed by atoms with Crippen LogP contribution in [0.4, 0.5) is 0 Å². The van der Waals surface area contributed by atoms with E-state index in [0.717, 1.165) is 11.4 Å². The average Bonchev–Trinajstić information content (AvgIpc) is 1.89. The van der Waals surface area contributed by atoms with Gasteiger partial charge in [-0.15, -0.1) is 0 Å². The van der Waals surface area contributed by atoms with E-state index in [9.17, 15) is 0 Å². The Labute approximate surface area is 63.8 Å². The second-order valence-electron chi connectivity index (χ2n) is 1.95. The molecule has 0 spiro atoms. The van der Waals surface area contributed by atoms with Crippen molar-refractivity contribution in [1.29, 1.82) is 0 Å². The van der Waals surface area contributed by atoms with Crippen molar-refractivity contribution < 1.29 is 0 Å². The van der Waals surface area contributed by atoms with Crippen molar-refractivity contribution >= 4 is 5.71 Å². The summed E-state index contributed by atoms with van der Waals surface area (Å²) in [5, 5.41) is 0. The second-order valence-corrected chi connectivity index (χ2v) is 1.95. The Balaban J connectivity index is 0. The first kappa shape index (κ1) is 11.9. The Morgan fingerprint density at radius 3 is 1.70 bits per heavy atom. The van der Waals surface area contributed by atoms with E-state index in [0.29, 0.717) is 0 Å². The van der Waals surface area contributed by atoms with Gasteiger partial charge in [-0.1, -0.05) is 13.8 Å². The van der Waals surface area contributed by atoms with Crippen molar-refractivity contribution in [1.82, 2.24) is 0 Å². The molecule has 10 heavy (non-hydrogen) atoms. The van der Waals surface area contributed by atoms with Crippen LogP contribution in [-0.4, -0.2) is 5.71 Å². The van der Waals surface area contributed by atoms with E-state index in [1.807, 2.05) is 34.6 Å². The molecule has 0 amide bonds. The van der Waals surface area contributed by atoms with Crippen LogP contribution in [0.15, 0.2) is 16.9 Å². The van der Waals surface area contributed by atoms with Crippen molar-refractivity contribution in [3.63, 3.8) is 0 Å². The predicted molar refractivity (Wildman–Crippen MR) is 48.1 cm³/mol. The Hall–Kier alpha value is -0.790. The van der Waals surface area contributed by atoms with E-state index in [1.165, 1.54) is 0 Å². The fourth-order valence-electron chi connectivity index (χ4n) is 0.231. The van der Waals surface area contributed by atoms with E-state index in [2.05, 4.69) is 4.99 Å². The summed E-state index contributed by atoms with van der Waals surface area (Å²) in [6.07, 6.45) is 1.65. The third-order valence-corrected chi connectivity index (χ3v) is 0.526. The molecule has 0 saturated carbocycles. The highest BCUT2D eigenvalue weighted by Crippen LogP contribution is 1.81. The monoisotopic (exact) mass is 142 g/mol. The zero-order valence-corrected chi connectivity index (χ0v) is 7.60. The lowest BCUT2D eigenvalue weighted by atomic mass is 10.5. The Bertz CT molecular complexity index is 99.2. The summed E-state index contributed by atoms with van der Waals surface area (Å²) < 4.78 is 0. The van der Waals surface area contributed by atoms with Crippen LogP contribution < -0.4 is 5.73 Å². The van der Waals surface area contributed by atoms with Gasteiger partial charge in [-0.2, -0.15) is 0 Å². The first-order valence-electron chi connectivity index (χ1n) is 3.56. The van der Waals surface area contributed by atoms with Gasteiger partial charge in [-0.3, -0.25) is 4.99 Å². The summed E-state index contributed by atoms with van der Waals surface area (Å²) >= 11 is 0. The maximum atomic E-state index is 5.29. The van der Waals surface area contributed by atoms with Crippen LogP contribution in [0.1, 0.15) is 34.6 Å². The zero-order valence-electron chi connectivity index (χ0n) is 7.60. The van der Waals surface area contributed by atoms with E-state index >= 15 is 0 Å². The maximum Gasteiger partial charge on any atom is 0.0451 e. The molecule has 2 heteroatoms. The summed E-state index contributed by atoms with van der Waals surface area (Å²) in [5.74, 6) is 0. The minimum atomic E-state index is 0.742. The molecule has 0 aliphatic rings. The summed E-state index contributed by atoms with van der Waals surface area (Å²) in [7, 11) is 0. The molecule has 0 aliphatic carbocycles. The van der Waals surface area contributed by atoms with Crippen LogP contribution in [0.3, 0.4) is 0 Å². The minimum Gasteiger partial charge on any atom is -0.401 e. The van der Waals surface area contributed by atoms with Gasteiger partial charge in [0.25, 0.3) is 0 Å². The van der Waals surface area contributed by atoms with Gasteiger partial charge in [0.1, 0.15) is 0 Å². The average molecular weight is 142 g/mol. The lowest BCUT2D eigenvalue weighted by Crippen LogP contribution is -1.89. The van der Waals surface area contributed by atoms with Crippen molar-refractivity contribution in [3.8, 4) is 0 Å². The summed E-state index contributed by atoms with van der Waals surface area (Å²) in [6, 6.07) is 0. The molecular formula is C8H18N2. The molecule has 0 saturated heterocycles. The molecule has 0 aliphatic heterocycles. The van der Waals surface area contributed by atoms with Gasteiger partial charge < -0.3 is 5.73 Å². The molecule has 0 radical (unpaired) electrons. The van der Waals surface area contributed by atoms with E-state index < -0.39 is 0 Å². The molecule has 0 aromatic rings. The minimum absolute atomic E-state index is 0.742. The molecule has 60 valence electrons. The number of rotatable bonds is 1. The SMILES string of the molecule is CC.CC(C)=N/C=C(/C)N. The number of hydrogen-bond donors (Lipinski definition) is 1. The van der Waals surface area contributed by atoms with Gasteiger partial charge in [0.15, 0.2) is 0 Å². The first-order valence-corrected chi connectivity index (χ1v) is 3.56. The number of aliphatic imine (C=N–C) groups is 1. The summed E-state index contributed by atoms with van der Waals surface area (Å²) in [5.41, 5.74) is 7.06. The van der Waals surface area contributed by atoms with Gasteiger partial charge in [-0.05, 0) is 20.8 Å². The third-order valence-electron chi connectivity index (χ3n) is 0.526. The van der Waals surface area contributed by atoms with Crippen molar-refractivity contribution in [2.75, 3.05) is 0 Å². The number of nitrogens with zero attached hydrogens (tertiary/aromatic N) is 1. The third kappa shape index (κ3) is 15.7. The van der Waals surface area contributed by atoms with E-state index in [1.54, 1.807) is 6.20 Å². The van der Waals surface area contributed by atoms with Crippen LogP contribution in [0.2, 0.25) is 0 Å². The fourth-order valence-corrected chi connectivity index (χ4v) is 0.231. The number of nitrogens with two attached hydrogens (primary N) is 1. The van der Waals surface area contributed by atoms with Crippen molar-refractivity contribution in [3.05, 3.63) is 11.9 Å². The molecule has 2 N–H and O–H groups in total. The molecule has 0 aromatic heterocycles. The lowest BCUT2D eigenvalue weighted by molar-refractivity contribution is 1.27. The zero-order chi connectivity index (χ0) is 8.57. The van der Waals surface area contributed by atoms with Gasteiger partial charge in [0.2, 0.25) is 0 Å². The van der Waals surface area contributed by atoms with Crippen LogP contribution in [0.25, 0.3) is 0 Å². The van der Waals surface area contributed by atoms with Crippen LogP contribution in [0.5, 0.6) is 0 Å². The topological polar surface area (TPSA) is 38.4 Å². The molecule has 0 aromatic carbocycles. The summed E-state index contributed by atoms with van der Waals surface area (Å²) in [4.78, 5) is 3.95. The van der Waals surface area contributed by atoms with Gasteiger partial charge in [0.05, 0.1) is 0 Å². The van der Waals surface area contributed by atoms with Gasteiger partial charge in [-0.25, -0.2) is 0 Å². The summed E-state index contributed by atoms with van der Waals surface area (Å²) in [6.45, 7) is 9.67.